The number of nitrogens with zero attached hydrogens (tertiary/aromatic N) is 3. The van der Waals surface area contributed by atoms with Gasteiger partial charge in [0.15, 0.2) is 0 Å². The average Bonchev–Trinajstić information content (AvgIpc) is 2.96. The second kappa shape index (κ2) is 9.70. The maximum absolute atomic E-state index is 12.1. The topological polar surface area (TPSA) is 100 Å². The number of hydrogen-bond acceptors (Lipinski definition) is 5. The highest BCUT2D eigenvalue weighted by atomic mass is 16.5. The van der Waals surface area contributed by atoms with Crippen molar-refractivity contribution in [3.63, 3.8) is 0 Å². The molecule has 27 heavy (non-hydrogen) atoms. The highest BCUT2D eigenvalue weighted by Crippen LogP contribution is 2.14. The zero-order valence-electron chi connectivity index (χ0n) is 16.3. The molecule has 146 valence electrons. The highest BCUT2D eigenvalue weighted by molar-refractivity contribution is 5.83. The first-order valence-electron chi connectivity index (χ1n) is 8.96. The van der Waals surface area contributed by atoms with Crippen LogP contribution in [0.1, 0.15) is 29.6 Å². The fourth-order valence-corrected chi connectivity index (χ4v) is 2.67. The Morgan fingerprint density at radius 1 is 1.30 bits per heavy atom. The van der Waals surface area contributed by atoms with E-state index in [2.05, 4.69) is 20.8 Å². The standard InChI is InChI=1S/C19H27N5O3/c1-13(11-17-14(2)23-27-15(17)3)22-19(26)21-12-18(25)24(4)10-8-16-7-5-6-9-20-16/h5-7,9,13H,8,10-12H2,1-4H3,(H2,21,22,26). The molecule has 2 heterocycles. The van der Waals surface area contributed by atoms with Crippen LogP contribution in [0.15, 0.2) is 28.9 Å². The van der Waals surface area contributed by atoms with Crippen LogP contribution in [-0.4, -0.2) is 53.2 Å². The number of likely N-dealkylation sites (N-methyl/N-ethyl adjacent to an activating group) is 1. The van der Waals surface area contributed by atoms with E-state index in [-0.39, 0.29) is 24.5 Å². The molecule has 0 aromatic carbocycles. The van der Waals surface area contributed by atoms with Crippen LogP contribution in [0, 0.1) is 13.8 Å². The van der Waals surface area contributed by atoms with Gasteiger partial charge in [0, 0.05) is 43.5 Å². The number of aromatic nitrogens is 2. The molecule has 0 saturated heterocycles. The van der Waals surface area contributed by atoms with E-state index < -0.39 is 0 Å². The molecule has 0 aliphatic heterocycles. The molecule has 8 heteroatoms. The van der Waals surface area contributed by atoms with Gasteiger partial charge in [0.2, 0.25) is 5.91 Å². The van der Waals surface area contributed by atoms with Gasteiger partial charge >= 0.3 is 6.03 Å². The maximum atomic E-state index is 12.1. The number of hydrogen-bond donors (Lipinski definition) is 2. The van der Waals surface area contributed by atoms with Gasteiger partial charge in [-0.05, 0) is 39.3 Å². The summed E-state index contributed by atoms with van der Waals surface area (Å²) in [5, 5.41) is 9.34. The van der Waals surface area contributed by atoms with E-state index in [1.165, 1.54) is 0 Å². The van der Waals surface area contributed by atoms with Crippen molar-refractivity contribution in [2.75, 3.05) is 20.1 Å². The number of rotatable bonds is 8. The lowest BCUT2D eigenvalue weighted by Crippen LogP contribution is -2.46. The first-order valence-corrected chi connectivity index (χ1v) is 8.96. The fraction of sp³-hybridized carbons (Fsp3) is 0.474. The Balaban J connectivity index is 1.70. The second-order valence-electron chi connectivity index (χ2n) is 6.62. The van der Waals surface area contributed by atoms with Gasteiger partial charge in [-0.3, -0.25) is 9.78 Å². The number of amides is 3. The molecular weight excluding hydrogens is 346 g/mol. The molecule has 1 atom stereocenters. The lowest BCUT2D eigenvalue weighted by molar-refractivity contribution is -0.128. The summed E-state index contributed by atoms with van der Waals surface area (Å²) in [4.78, 5) is 30.0. The Bertz CT molecular complexity index is 740. The summed E-state index contributed by atoms with van der Waals surface area (Å²) in [5.74, 6) is 0.603. The van der Waals surface area contributed by atoms with Crippen LogP contribution in [0.3, 0.4) is 0 Å². The van der Waals surface area contributed by atoms with Crippen LogP contribution in [0.4, 0.5) is 4.79 Å². The molecule has 0 radical (unpaired) electrons. The Kier molecular flexibility index (Phi) is 7.34. The largest absolute Gasteiger partial charge is 0.361 e. The van der Waals surface area contributed by atoms with Crippen LogP contribution >= 0.6 is 0 Å². The van der Waals surface area contributed by atoms with E-state index in [1.807, 2.05) is 39.0 Å². The molecule has 2 rings (SSSR count). The quantitative estimate of drug-likeness (QED) is 0.732. The van der Waals surface area contributed by atoms with Gasteiger partial charge in [0.05, 0.1) is 12.2 Å². The van der Waals surface area contributed by atoms with E-state index >= 15 is 0 Å². The molecule has 0 aliphatic rings. The van der Waals surface area contributed by atoms with Gasteiger partial charge in [0.1, 0.15) is 5.76 Å². The summed E-state index contributed by atoms with van der Waals surface area (Å²) in [5.41, 5.74) is 2.75. The average molecular weight is 373 g/mol. The van der Waals surface area contributed by atoms with E-state index in [9.17, 15) is 9.59 Å². The van der Waals surface area contributed by atoms with Gasteiger partial charge < -0.3 is 20.1 Å². The van der Waals surface area contributed by atoms with Crippen molar-refractivity contribution in [3.8, 4) is 0 Å². The summed E-state index contributed by atoms with van der Waals surface area (Å²) < 4.78 is 5.13. The Morgan fingerprint density at radius 2 is 2.07 bits per heavy atom. The molecule has 3 amide bonds. The van der Waals surface area contributed by atoms with Crippen molar-refractivity contribution in [2.45, 2.75) is 39.7 Å². The second-order valence-corrected chi connectivity index (χ2v) is 6.62. The third-order valence-corrected chi connectivity index (χ3v) is 4.32. The maximum Gasteiger partial charge on any atom is 0.315 e. The molecule has 8 nitrogen and oxygen atoms in total. The minimum atomic E-state index is -0.374. The third kappa shape index (κ3) is 6.40. The third-order valence-electron chi connectivity index (χ3n) is 4.32. The smallest absolute Gasteiger partial charge is 0.315 e. The Labute approximate surface area is 159 Å². The SMILES string of the molecule is Cc1noc(C)c1CC(C)NC(=O)NCC(=O)N(C)CCc1ccccn1. The molecule has 1 unspecified atom stereocenters. The van der Waals surface area contributed by atoms with Crippen molar-refractivity contribution in [1.29, 1.82) is 0 Å². The van der Waals surface area contributed by atoms with Crippen LogP contribution in [-0.2, 0) is 17.6 Å². The van der Waals surface area contributed by atoms with Gasteiger partial charge in [-0.15, -0.1) is 0 Å². The fourth-order valence-electron chi connectivity index (χ4n) is 2.67. The minimum Gasteiger partial charge on any atom is -0.361 e. The van der Waals surface area contributed by atoms with Crippen molar-refractivity contribution in [2.24, 2.45) is 0 Å². The zero-order valence-corrected chi connectivity index (χ0v) is 16.3. The predicted octanol–water partition coefficient (Wildman–Crippen LogP) is 1.62. The van der Waals surface area contributed by atoms with Crippen LogP contribution in [0.2, 0.25) is 0 Å². The molecule has 0 saturated carbocycles. The van der Waals surface area contributed by atoms with Crippen molar-refractivity contribution >= 4 is 11.9 Å². The molecule has 2 aromatic rings. The summed E-state index contributed by atoms with van der Waals surface area (Å²) >= 11 is 0. The number of aryl methyl sites for hydroxylation is 2. The van der Waals surface area contributed by atoms with Gasteiger partial charge in [-0.2, -0.15) is 0 Å². The zero-order chi connectivity index (χ0) is 19.8. The van der Waals surface area contributed by atoms with Crippen LogP contribution < -0.4 is 10.6 Å². The van der Waals surface area contributed by atoms with Crippen molar-refractivity contribution in [3.05, 3.63) is 47.1 Å². The molecule has 0 fully saturated rings. The molecule has 0 spiro atoms. The van der Waals surface area contributed by atoms with Gasteiger partial charge in [0.25, 0.3) is 0 Å². The first kappa shape index (κ1) is 20.4. The molecular formula is C19H27N5O3. The lowest BCUT2D eigenvalue weighted by atomic mass is 10.1. The summed E-state index contributed by atoms with van der Waals surface area (Å²) in [6.45, 7) is 6.11. The minimum absolute atomic E-state index is 0.0530. The lowest BCUT2D eigenvalue weighted by Gasteiger charge is -2.18. The normalized spacial score (nSPS) is 11.7. The van der Waals surface area contributed by atoms with E-state index in [0.29, 0.717) is 19.4 Å². The van der Waals surface area contributed by atoms with Gasteiger partial charge in [-0.1, -0.05) is 11.2 Å². The van der Waals surface area contributed by atoms with Crippen LogP contribution in [0.25, 0.3) is 0 Å². The van der Waals surface area contributed by atoms with Gasteiger partial charge in [-0.25, -0.2) is 4.79 Å². The van der Waals surface area contributed by atoms with E-state index in [0.717, 1.165) is 22.7 Å². The number of pyridine rings is 1. The first-order chi connectivity index (χ1) is 12.9. The van der Waals surface area contributed by atoms with Crippen molar-refractivity contribution < 1.29 is 14.1 Å². The number of urea groups is 1. The molecule has 2 N–H and O–H groups in total. The Morgan fingerprint density at radius 3 is 2.70 bits per heavy atom. The van der Waals surface area contributed by atoms with E-state index in [4.69, 9.17) is 4.52 Å². The summed E-state index contributed by atoms with van der Waals surface area (Å²) in [7, 11) is 1.71. The number of carbonyl (C=O) groups excluding carboxylic acids is 2. The summed E-state index contributed by atoms with van der Waals surface area (Å²) in [6, 6.07) is 5.21. The summed E-state index contributed by atoms with van der Waals surface area (Å²) in [6.07, 6.45) is 3.02. The molecule has 0 bridgehead atoms. The Hall–Kier alpha value is -2.90. The van der Waals surface area contributed by atoms with E-state index in [1.54, 1.807) is 18.1 Å². The van der Waals surface area contributed by atoms with Crippen molar-refractivity contribution in [1.82, 2.24) is 25.7 Å². The number of carbonyl (C=O) groups is 2. The molecule has 2 aromatic heterocycles. The molecule has 0 aliphatic carbocycles. The monoisotopic (exact) mass is 373 g/mol. The number of nitrogens with one attached hydrogen (secondary N) is 2. The predicted molar refractivity (Wildman–Crippen MR) is 101 cm³/mol. The van der Waals surface area contributed by atoms with Crippen LogP contribution in [0.5, 0.6) is 0 Å². The highest BCUT2D eigenvalue weighted by Gasteiger charge is 2.16.